The molecule has 418 valence electrons. The average Bonchev–Trinajstić information content (AvgIpc) is 3.37. The van der Waals surface area contributed by atoms with Gasteiger partial charge in [-0.25, -0.2) is 0 Å². The van der Waals surface area contributed by atoms with E-state index in [2.05, 4.69) is 45.1 Å². The topological polar surface area (TPSA) is 78.9 Å². The highest BCUT2D eigenvalue weighted by Crippen LogP contribution is 2.17. The fourth-order valence-electron chi connectivity index (χ4n) is 9.61. The molecule has 0 aliphatic heterocycles. The van der Waals surface area contributed by atoms with Crippen molar-refractivity contribution in [2.45, 2.75) is 361 Å². The molecule has 0 aliphatic carbocycles. The zero-order chi connectivity index (χ0) is 51.4. The number of allylic oxidation sites excluding steroid dienone is 4. The van der Waals surface area contributed by atoms with E-state index >= 15 is 0 Å². The predicted molar refractivity (Wildman–Crippen MR) is 307 cm³/mol. The molecule has 0 spiro atoms. The maximum absolute atomic E-state index is 12.9. The third-order valence-corrected chi connectivity index (χ3v) is 14.4. The van der Waals surface area contributed by atoms with Gasteiger partial charge in [0.2, 0.25) is 0 Å². The van der Waals surface area contributed by atoms with E-state index in [9.17, 15) is 14.4 Å². The van der Waals surface area contributed by atoms with Crippen LogP contribution in [0.2, 0.25) is 0 Å². The Morgan fingerprint density at radius 1 is 0.268 bits per heavy atom. The van der Waals surface area contributed by atoms with Crippen LogP contribution >= 0.6 is 0 Å². The summed E-state index contributed by atoms with van der Waals surface area (Å²) in [6.07, 6.45) is 71.8. The minimum absolute atomic E-state index is 0.0702. The highest BCUT2D eigenvalue weighted by molar-refractivity contribution is 5.71. The highest BCUT2D eigenvalue weighted by Gasteiger charge is 2.19. The van der Waals surface area contributed by atoms with Gasteiger partial charge < -0.3 is 14.2 Å². The molecule has 6 nitrogen and oxygen atoms in total. The van der Waals surface area contributed by atoms with E-state index in [0.29, 0.717) is 19.3 Å². The summed E-state index contributed by atoms with van der Waals surface area (Å²) in [4.78, 5) is 38.3. The van der Waals surface area contributed by atoms with Crippen LogP contribution in [0.4, 0.5) is 0 Å². The number of unbranched alkanes of at least 4 members (excludes halogenated alkanes) is 44. The molecule has 0 aliphatic rings. The number of rotatable bonds is 59. The Hall–Kier alpha value is -2.11. The molecule has 0 N–H and O–H groups in total. The van der Waals surface area contributed by atoms with Crippen molar-refractivity contribution in [1.82, 2.24) is 0 Å². The summed E-state index contributed by atoms with van der Waals surface area (Å²) in [5, 5.41) is 0. The predicted octanol–water partition coefficient (Wildman–Crippen LogP) is 21.4. The second-order valence-electron chi connectivity index (χ2n) is 21.7. The fraction of sp³-hybridized carbons (Fsp3) is 0.892. The lowest BCUT2D eigenvalue weighted by molar-refractivity contribution is -0.167. The van der Waals surface area contributed by atoms with Crippen molar-refractivity contribution in [2.75, 3.05) is 13.2 Å². The first-order valence-corrected chi connectivity index (χ1v) is 31.8. The van der Waals surface area contributed by atoms with Crippen molar-refractivity contribution in [3.8, 4) is 0 Å². The Morgan fingerprint density at radius 2 is 0.465 bits per heavy atom. The molecule has 0 saturated heterocycles. The summed E-state index contributed by atoms with van der Waals surface area (Å²) in [6, 6.07) is 0. The molecule has 0 aromatic heterocycles. The van der Waals surface area contributed by atoms with Crippen LogP contribution in [-0.4, -0.2) is 37.2 Å². The number of hydrogen-bond donors (Lipinski definition) is 0. The van der Waals surface area contributed by atoms with Crippen molar-refractivity contribution in [2.24, 2.45) is 0 Å². The molecule has 0 saturated carbocycles. The summed E-state index contributed by atoms with van der Waals surface area (Å²) in [7, 11) is 0. The van der Waals surface area contributed by atoms with Crippen LogP contribution in [0.5, 0.6) is 0 Å². The molecule has 0 rings (SSSR count). The standard InChI is InChI=1S/C65H122O6/c1-4-7-10-13-16-19-22-25-27-29-31-32-34-35-37-40-43-46-49-52-55-58-64(67)70-61-62(60-69-63(66)57-54-51-48-45-42-39-24-21-18-15-12-9-6-3)71-65(68)59-56-53-50-47-44-41-38-36-33-30-28-26-23-20-17-14-11-8-5-2/h21,24,29,31,62H,4-20,22-23,25-28,30,32-61H2,1-3H3/b24-21-,31-29-. The van der Waals surface area contributed by atoms with E-state index in [1.807, 2.05) is 0 Å². The Kier molecular flexibility index (Phi) is 58.6. The van der Waals surface area contributed by atoms with E-state index in [-0.39, 0.29) is 31.1 Å². The third-order valence-electron chi connectivity index (χ3n) is 14.4. The number of esters is 3. The summed E-state index contributed by atoms with van der Waals surface area (Å²) >= 11 is 0. The maximum atomic E-state index is 12.9. The smallest absolute Gasteiger partial charge is 0.306 e. The van der Waals surface area contributed by atoms with Crippen molar-refractivity contribution in [3.63, 3.8) is 0 Å². The van der Waals surface area contributed by atoms with Crippen molar-refractivity contribution >= 4 is 17.9 Å². The Bertz CT molecular complexity index is 1150. The number of carbonyl (C=O) groups is 3. The third kappa shape index (κ3) is 58.7. The molecule has 1 unspecified atom stereocenters. The lowest BCUT2D eigenvalue weighted by Crippen LogP contribution is -2.30. The van der Waals surface area contributed by atoms with Crippen LogP contribution in [0.3, 0.4) is 0 Å². The first kappa shape index (κ1) is 68.9. The minimum Gasteiger partial charge on any atom is -0.462 e. The van der Waals surface area contributed by atoms with Crippen molar-refractivity contribution in [1.29, 1.82) is 0 Å². The molecule has 71 heavy (non-hydrogen) atoms. The average molecular weight is 1000 g/mol. The van der Waals surface area contributed by atoms with E-state index in [1.54, 1.807) is 0 Å². The van der Waals surface area contributed by atoms with Gasteiger partial charge in [-0.3, -0.25) is 14.4 Å². The Morgan fingerprint density at radius 3 is 0.718 bits per heavy atom. The van der Waals surface area contributed by atoms with Crippen LogP contribution in [0, 0.1) is 0 Å². The first-order chi connectivity index (χ1) is 35.0. The van der Waals surface area contributed by atoms with Gasteiger partial charge in [0, 0.05) is 19.3 Å². The van der Waals surface area contributed by atoms with Gasteiger partial charge in [0.05, 0.1) is 0 Å². The lowest BCUT2D eigenvalue weighted by atomic mass is 10.0. The number of ether oxygens (including phenoxy) is 3. The van der Waals surface area contributed by atoms with E-state index in [1.165, 1.54) is 250 Å². The van der Waals surface area contributed by atoms with Gasteiger partial charge in [0.1, 0.15) is 13.2 Å². The quantitative estimate of drug-likeness (QED) is 0.0261. The van der Waals surface area contributed by atoms with E-state index in [4.69, 9.17) is 14.2 Å². The monoisotopic (exact) mass is 999 g/mol. The van der Waals surface area contributed by atoms with Crippen molar-refractivity contribution in [3.05, 3.63) is 24.3 Å². The summed E-state index contributed by atoms with van der Waals surface area (Å²) < 4.78 is 16.9. The van der Waals surface area contributed by atoms with Crippen LogP contribution in [0.1, 0.15) is 355 Å². The van der Waals surface area contributed by atoms with E-state index < -0.39 is 6.10 Å². The summed E-state index contributed by atoms with van der Waals surface area (Å²) in [5.74, 6) is -0.856. The SMILES string of the molecule is CCCCCC/C=C\CCCCCCCC(=O)OCC(COC(=O)CCCCCCCCCCC/C=C\CCCCCCCCCC)OC(=O)CCCCCCCCCCCCCCCCCCCCC. The van der Waals surface area contributed by atoms with Crippen molar-refractivity contribution < 1.29 is 28.6 Å². The molecule has 0 radical (unpaired) electrons. The minimum atomic E-state index is -0.772. The zero-order valence-corrected chi connectivity index (χ0v) is 48.0. The Balaban J connectivity index is 4.28. The van der Waals surface area contributed by atoms with Gasteiger partial charge in [-0.2, -0.15) is 0 Å². The van der Waals surface area contributed by atoms with Crippen LogP contribution in [-0.2, 0) is 28.6 Å². The van der Waals surface area contributed by atoms with Gasteiger partial charge in [0.15, 0.2) is 6.10 Å². The van der Waals surface area contributed by atoms with Gasteiger partial charge in [-0.05, 0) is 70.6 Å². The van der Waals surface area contributed by atoms with Gasteiger partial charge in [-0.15, -0.1) is 0 Å². The molecule has 0 heterocycles. The molecular formula is C65H122O6. The molecule has 0 bridgehead atoms. The van der Waals surface area contributed by atoms with E-state index in [0.717, 1.165) is 64.2 Å². The molecule has 0 amide bonds. The summed E-state index contributed by atoms with van der Waals surface area (Å²) in [5.41, 5.74) is 0. The number of hydrogen-bond acceptors (Lipinski definition) is 6. The molecule has 6 heteroatoms. The summed E-state index contributed by atoms with van der Waals surface area (Å²) in [6.45, 7) is 6.68. The molecule has 0 fully saturated rings. The molecule has 0 aromatic rings. The molecule has 0 aromatic carbocycles. The Labute approximate surface area is 443 Å². The van der Waals surface area contributed by atoms with Crippen LogP contribution in [0.15, 0.2) is 24.3 Å². The largest absolute Gasteiger partial charge is 0.462 e. The maximum Gasteiger partial charge on any atom is 0.306 e. The number of carbonyl (C=O) groups excluding carboxylic acids is 3. The second kappa shape index (κ2) is 60.4. The lowest BCUT2D eigenvalue weighted by Gasteiger charge is -2.18. The van der Waals surface area contributed by atoms with Gasteiger partial charge in [-0.1, -0.05) is 289 Å². The first-order valence-electron chi connectivity index (χ1n) is 31.8. The molecular weight excluding hydrogens is 877 g/mol. The van der Waals surface area contributed by atoms with Crippen LogP contribution < -0.4 is 0 Å². The second-order valence-corrected chi connectivity index (χ2v) is 21.7. The highest BCUT2D eigenvalue weighted by atomic mass is 16.6. The van der Waals surface area contributed by atoms with Gasteiger partial charge in [0.25, 0.3) is 0 Å². The zero-order valence-electron chi connectivity index (χ0n) is 48.0. The normalized spacial score (nSPS) is 12.1. The van der Waals surface area contributed by atoms with Crippen LogP contribution in [0.25, 0.3) is 0 Å². The van der Waals surface area contributed by atoms with Gasteiger partial charge >= 0.3 is 17.9 Å². The fourth-order valence-corrected chi connectivity index (χ4v) is 9.61. The molecule has 1 atom stereocenters.